The molecule has 4 nitrogen and oxygen atoms in total. The van der Waals surface area contributed by atoms with Gasteiger partial charge in [-0.2, -0.15) is 35.1 Å². The van der Waals surface area contributed by atoms with Crippen LogP contribution in [0, 0.1) is 11.8 Å². The molecule has 0 aromatic rings. The van der Waals surface area contributed by atoms with Crippen LogP contribution in [-0.4, -0.2) is 48.6 Å². The number of halogens is 8. The fourth-order valence-corrected chi connectivity index (χ4v) is 1.85. The summed E-state index contributed by atoms with van der Waals surface area (Å²) in [4.78, 5) is 22.5. The van der Waals surface area contributed by atoms with E-state index in [1.54, 1.807) is 27.7 Å². The van der Waals surface area contributed by atoms with Crippen LogP contribution >= 0.6 is 0 Å². The number of amides is 2. The number of carbonyl (C=O) groups excluding carboxylic acids is 2. The molecule has 0 spiro atoms. The lowest BCUT2D eigenvalue weighted by molar-refractivity contribution is -0.347. The molecule has 0 fully saturated rings. The number of hydrogen-bond acceptors (Lipinski definition) is 2. The Hall–Kier alpha value is -1.62. The molecule has 0 heterocycles. The second kappa shape index (κ2) is 9.25. The Balaban J connectivity index is 5.50. The first-order valence-corrected chi connectivity index (χ1v) is 8.50. The van der Waals surface area contributed by atoms with Crippen LogP contribution in [0.15, 0.2) is 0 Å². The molecule has 0 aliphatic heterocycles. The Morgan fingerprint density at radius 1 is 0.643 bits per heavy atom. The molecule has 0 saturated heterocycles. The van der Waals surface area contributed by atoms with Gasteiger partial charge in [0.15, 0.2) is 0 Å². The van der Waals surface area contributed by atoms with E-state index < -0.39 is 48.6 Å². The fraction of sp³-hybridized carbons (Fsp3) is 0.875. The van der Waals surface area contributed by atoms with Crippen LogP contribution in [0.5, 0.6) is 0 Å². The Labute approximate surface area is 157 Å². The number of hydrogen-bond donors (Lipinski definition) is 2. The quantitative estimate of drug-likeness (QED) is 0.491. The van der Waals surface area contributed by atoms with Gasteiger partial charge in [0.05, 0.1) is 0 Å². The monoisotopic (exact) mass is 428 g/mol. The molecule has 0 rings (SSSR count). The normalized spacial score (nSPS) is 13.8. The molecule has 0 aliphatic rings. The lowest BCUT2D eigenvalue weighted by Crippen LogP contribution is -2.69. The van der Waals surface area contributed by atoms with Crippen molar-refractivity contribution < 1.29 is 44.7 Å². The maximum Gasteiger partial charge on any atom is 0.392 e. The smallest absolute Gasteiger partial charge is 0.351 e. The summed E-state index contributed by atoms with van der Waals surface area (Å²) in [5, 5.41) is 2.62. The van der Waals surface area contributed by atoms with Crippen molar-refractivity contribution in [3.63, 3.8) is 0 Å². The van der Waals surface area contributed by atoms with E-state index in [0.717, 1.165) is 0 Å². The van der Waals surface area contributed by atoms with E-state index >= 15 is 0 Å². The molecule has 28 heavy (non-hydrogen) atoms. The molecule has 0 aliphatic carbocycles. The molecule has 2 N–H and O–H groups in total. The van der Waals surface area contributed by atoms with Crippen LogP contribution in [0.25, 0.3) is 0 Å². The molecule has 0 radical (unpaired) electrons. The van der Waals surface area contributed by atoms with E-state index in [9.17, 15) is 44.7 Å². The summed E-state index contributed by atoms with van der Waals surface area (Å²) in [5.74, 6) is -32.0. The van der Waals surface area contributed by atoms with Gasteiger partial charge in [0.1, 0.15) is 0 Å². The first-order chi connectivity index (χ1) is 12.4. The largest absolute Gasteiger partial charge is 0.392 e. The molecule has 0 saturated carbocycles. The zero-order valence-electron chi connectivity index (χ0n) is 15.8. The lowest BCUT2D eigenvalue weighted by atomic mass is 9.97. The van der Waals surface area contributed by atoms with Gasteiger partial charge < -0.3 is 10.6 Å². The Morgan fingerprint density at radius 3 is 1.11 bits per heavy atom. The first kappa shape index (κ1) is 26.4. The second-order valence-electron chi connectivity index (χ2n) is 7.17. The summed E-state index contributed by atoms with van der Waals surface area (Å²) in [7, 11) is 0. The molecule has 0 atom stereocenters. The van der Waals surface area contributed by atoms with E-state index in [4.69, 9.17) is 0 Å². The fourth-order valence-electron chi connectivity index (χ4n) is 1.85. The molecular weight excluding hydrogens is 404 g/mol. The van der Waals surface area contributed by atoms with Crippen LogP contribution in [0.3, 0.4) is 0 Å². The third kappa shape index (κ3) is 5.47. The van der Waals surface area contributed by atoms with E-state index in [0.29, 0.717) is 0 Å². The third-order valence-electron chi connectivity index (χ3n) is 3.77. The van der Waals surface area contributed by atoms with Crippen LogP contribution in [0.4, 0.5) is 35.1 Å². The van der Waals surface area contributed by atoms with Gasteiger partial charge in [-0.15, -0.1) is 0 Å². The highest BCUT2D eigenvalue weighted by Gasteiger charge is 2.84. The van der Waals surface area contributed by atoms with Gasteiger partial charge in [0.2, 0.25) is 0 Å². The van der Waals surface area contributed by atoms with Crippen molar-refractivity contribution in [2.24, 2.45) is 11.8 Å². The minimum Gasteiger partial charge on any atom is -0.351 e. The number of nitrogens with one attached hydrogen (secondary N) is 2. The molecule has 2 amide bonds. The number of alkyl halides is 8. The van der Waals surface area contributed by atoms with Gasteiger partial charge in [-0.1, -0.05) is 27.7 Å². The Morgan fingerprint density at radius 2 is 0.893 bits per heavy atom. The van der Waals surface area contributed by atoms with E-state index in [1.165, 1.54) is 10.6 Å². The Kier molecular flexibility index (Phi) is 8.72. The van der Waals surface area contributed by atoms with Crippen LogP contribution in [0.1, 0.15) is 40.5 Å². The predicted octanol–water partition coefficient (Wildman–Crippen LogP) is 3.85. The van der Waals surface area contributed by atoms with Crippen molar-refractivity contribution in [1.29, 1.82) is 0 Å². The summed E-state index contributed by atoms with van der Waals surface area (Å²) in [6.45, 7) is 5.30. The average molecular weight is 428 g/mol. The maximum atomic E-state index is 13.7. The van der Waals surface area contributed by atoms with Crippen LogP contribution in [0.2, 0.25) is 0 Å². The van der Waals surface area contributed by atoms with Crippen molar-refractivity contribution in [1.82, 2.24) is 10.6 Å². The highest BCUT2D eigenvalue weighted by molar-refractivity contribution is 5.87. The first-order valence-electron chi connectivity index (χ1n) is 8.50. The van der Waals surface area contributed by atoms with E-state index in [1.807, 2.05) is 0 Å². The predicted molar refractivity (Wildman–Crippen MR) is 84.7 cm³/mol. The number of rotatable bonds is 11. The second-order valence-corrected chi connectivity index (χ2v) is 7.17. The van der Waals surface area contributed by atoms with Crippen LogP contribution < -0.4 is 10.6 Å². The van der Waals surface area contributed by atoms with Gasteiger partial charge in [-0.25, -0.2) is 0 Å². The minimum absolute atomic E-state index is 0.0538. The maximum absolute atomic E-state index is 13.7. The zero-order chi connectivity index (χ0) is 22.6. The van der Waals surface area contributed by atoms with Crippen molar-refractivity contribution in [3.8, 4) is 0 Å². The summed E-state index contributed by atoms with van der Waals surface area (Å²) in [5.41, 5.74) is 0. The molecular formula is C16H24F8N2O2. The molecule has 0 aromatic carbocycles. The van der Waals surface area contributed by atoms with Gasteiger partial charge in [-0.05, 0) is 24.7 Å². The molecule has 0 bridgehead atoms. The van der Waals surface area contributed by atoms with Crippen LogP contribution in [-0.2, 0) is 9.59 Å². The molecule has 0 unspecified atom stereocenters. The molecule has 166 valence electrons. The summed E-state index contributed by atoms with van der Waals surface area (Å²) < 4.78 is 109. The SMILES string of the molecule is CC(C)CCNC(=O)C(F)(F)C(F)(F)C(F)(F)C(F)(F)C(=O)NCCC(C)C. The van der Waals surface area contributed by atoms with Crippen molar-refractivity contribution in [2.45, 2.75) is 64.2 Å². The minimum atomic E-state index is -6.83. The van der Waals surface area contributed by atoms with Gasteiger partial charge in [-0.3, -0.25) is 9.59 Å². The zero-order valence-corrected chi connectivity index (χ0v) is 15.8. The Bertz CT molecular complexity index is 503. The topological polar surface area (TPSA) is 58.2 Å². The lowest BCUT2D eigenvalue weighted by Gasteiger charge is -2.35. The highest BCUT2D eigenvalue weighted by atomic mass is 19.4. The average Bonchev–Trinajstić information content (AvgIpc) is 2.53. The third-order valence-corrected chi connectivity index (χ3v) is 3.77. The summed E-state index contributed by atoms with van der Waals surface area (Å²) in [6, 6.07) is 0. The molecule has 0 aromatic heterocycles. The van der Waals surface area contributed by atoms with Crippen molar-refractivity contribution in [2.75, 3.05) is 13.1 Å². The van der Waals surface area contributed by atoms with Crippen molar-refractivity contribution >= 4 is 11.8 Å². The van der Waals surface area contributed by atoms with Gasteiger partial charge in [0, 0.05) is 13.1 Å². The molecule has 12 heteroatoms. The number of carbonyl (C=O) groups is 2. The van der Waals surface area contributed by atoms with Gasteiger partial charge >= 0.3 is 23.7 Å². The van der Waals surface area contributed by atoms with E-state index in [-0.39, 0.29) is 24.7 Å². The van der Waals surface area contributed by atoms with E-state index in [2.05, 4.69) is 0 Å². The van der Waals surface area contributed by atoms with Crippen molar-refractivity contribution in [3.05, 3.63) is 0 Å². The highest BCUT2D eigenvalue weighted by Crippen LogP contribution is 2.52. The summed E-state index contributed by atoms with van der Waals surface area (Å²) in [6.07, 6.45) is 0.108. The summed E-state index contributed by atoms with van der Waals surface area (Å²) >= 11 is 0. The standard InChI is InChI=1S/C16H24F8N2O2/c1-9(2)5-7-25-11(27)13(17,18)15(21,22)16(23,24)14(19,20)12(28)26-8-6-10(3)4/h9-10H,5-8H2,1-4H3,(H,25,27)(H,26,28). The van der Waals surface area contributed by atoms with Gasteiger partial charge in [0.25, 0.3) is 11.8 Å².